The molecule has 1 aromatic rings. The molecule has 1 aromatic carbocycles. The van der Waals surface area contributed by atoms with Gasteiger partial charge in [0.2, 0.25) is 5.91 Å². The molecule has 120 valence electrons. The number of carbonyl (C=O) groups excluding carboxylic acids is 1. The maximum Gasteiger partial charge on any atom is 0.220 e. The van der Waals surface area contributed by atoms with Crippen molar-refractivity contribution in [2.24, 2.45) is 5.92 Å². The topological polar surface area (TPSA) is 41.1 Å². The predicted molar refractivity (Wildman–Crippen MR) is 90.3 cm³/mol. The van der Waals surface area contributed by atoms with Crippen LogP contribution < -0.4 is 10.6 Å². The monoisotopic (exact) mass is 340 g/mol. The summed E-state index contributed by atoms with van der Waals surface area (Å²) in [7, 11) is 0. The summed E-state index contributed by atoms with van der Waals surface area (Å²) in [6.45, 7) is 1.98. The molecule has 1 amide bonds. The summed E-state index contributed by atoms with van der Waals surface area (Å²) in [6.07, 6.45) is 5.42. The van der Waals surface area contributed by atoms with E-state index in [1.807, 2.05) is 19.1 Å². The molecule has 5 heteroatoms. The number of nitrogens with one attached hydrogen (secondary N) is 2. The van der Waals surface area contributed by atoms with Crippen LogP contribution in [0.1, 0.15) is 50.6 Å². The summed E-state index contributed by atoms with van der Waals surface area (Å²) in [5.41, 5.74) is 0.980. The first-order valence-corrected chi connectivity index (χ1v) is 8.77. The maximum absolute atomic E-state index is 12.3. The molecule has 22 heavy (non-hydrogen) atoms. The van der Waals surface area contributed by atoms with Crippen molar-refractivity contribution >= 4 is 29.1 Å². The van der Waals surface area contributed by atoms with E-state index in [2.05, 4.69) is 10.6 Å². The van der Waals surface area contributed by atoms with Gasteiger partial charge in [0.05, 0.1) is 16.1 Å². The lowest BCUT2D eigenvalue weighted by molar-refractivity contribution is -0.122. The van der Waals surface area contributed by atoms with E-state index in [-0.39, 0.29) is 11.9 Å². The first-order valence-electron chi connectivity index (χ1n) is 8.01. The lowest BCUT2D eigenvalue weighted by Crippen LogP contribution is -2.40. The van der Waals surface area contributed by atoms with E-state index in [0.29, 0.717) is 34.5 Å². The largest absolute Gasteiger partial charge is 0.350 e. The average molecular weight is 341 g/mol. The molecule has 2 aliphatic rings. The molecule has 0 spiro atoms. The van der Waals surface area contributed by atoms with E-state index in [1.165, 1.54) is 12.8 Å². The van der Waals surface area contributed by atoms with Gasteiger partial charge in [-0.15, -0.1) is 0 Å². The predicted octanol–water partition coefficient (Wildman–Crippen LogP) is 4.09. The van der Waals surface area contributed by atoms with Crippen LogP contribution in [0.2, 0.25) is 10.0 Å². The van der Waals surface area contributed by atoms with Gasteiger partial charge in [-0.3, -0.25) is 4.79 Å². The Morgan fingerprint density at radius 1 is 1.27 bits per heavy atom. The number of carbonyl (C=O) groups is 1. The zero-order valence-electron chi connectivity index (χ0n) is 12.7. The van der Waals surface area contributed by atoms with Crippen LogP contribution >= 0.6 is 23.2 Å². The first-order chi connectivity index (χ1) is 10.5. The Labute approximate surface area is 141 Å². The molecule has 3 rings (SSSR count). The van der Waals surface area contributed by atoms with Crippen molar-refractivity contribution in [3.05, 3.63) is 33.8 Å². The zero-order valence-corrected chi connectivity index (χ0v) is 14.3. The van der Waals surface area contributed by atoms with Crippen molar-refractivity contribution in [1.82, 2.24) is 10.6 Å². The highest BCUT2D eigenvalue weighted by molar-refractivity contribution is 6.42. The molecule has 2 bridgehead atoms. The normalized spacial score (nSPS) is 28.4. The summed E-state index contributed by atoms with van der Waals surface area (Å²) in [5, 5.41) is 7.75. The maximum atomic E-state index is 12.3. The van der Waals surface area contributed by atoms with Crippen LogP contribution in [0.15, 0.2) is 18.2 Å². The van der Waals surface area contributed by atoms with Gasteiger partial charge in [-0.2, -0.15) is 0 Å². The quantitative estimate of drug-likeness (QED) is 0.866. The van der Waals surface area contributed by atoms with Crippen LogP contribution in [0.5, 0.6) is 0 Å². The fourth-order valence-electron chi connectivity index (χ4n) is 3.77. The van der Waals surface area contributed by atoms with Crippen molar-refractivity contribution in [2.75, 3.05) is 0 Å². The minimum atomic E-state index is -0.0549. The zero-order chi connectivity index (χ0) is 15.7. The van der Waals surface area contributed by atoms with Crippen LogP contribution in [0.4, 0.5) is 0 Å². The number of rotatable bonds is 4. The number of fused-ring (bicyclic) bond motifs is 2. The Balaban J connectivity index is 1.53. The molecule has 0 saturated carbocycles. The third-order valence-electron chi connectivity index (χ3n) is 4.87. The average Bonchev–Trinajstić information content (AvgIpc) is 2.80. The number of piperidine rings is 1. The van der Waals surface area contributed by atoms with Crippen molar-refractivity contribution in [1.29, 1.82) is 0 Å². The van der Waals surface area contributed by atoms with E-state index in [4.69, 9.17) is 23.2 Å². The SMILES string of the molecule is CC(NC(=O)CC1CC2CCC(C1)N2)c1ccc(Cl)c(Cl)c1. The third-order valence-corrected chi connectivity index (χ3v) is 5.60. The smallest absolute Gasteiger partial charge is 0.220 e. The molecule has 2 aliphatic heterocycles. The van der Waals surface area contributed by atoms with Crippen LogP contribution in [0.3, 0.4) is 0 Å². The standard InChI is InChI=1S/C17H22Cl2N2O/c1-10(12-2-5-15(18)16(19)9-12)20-17(22)8-11-6-13-3-4-14(7-11)21-13/h2,5,9-11,13-14,21H,3-4,6-8H2,1H3,(H,20,22). The number of halogens is 2. The van der Waals surface area contributed by atoms with Gasteiger partial charge in [0.15, 0.2) is 0 Å². The molecule has 0 radical (unpaired) electrons. The molecule has 0 aliphatic carbocycles. The molecule has 3 atom stereocenters. The number of amides is 1. The Kier molecular flexibility index (Phi) is 4.96. The summed E-state index contributed by atoms with van der Waals surface area (Å²) >= 11 is 12.0. The van der Waals surface area contributed by atoms with Gasteiger partial charge in [-0.1, -0.05) is 29.3 Å². The van der Waals surface area contributed by atoms with Gasteiger partial charge < -0.3 is 10.6 Å². The van der Waals surface area contributed by atoms with Gasteiger partial charge in [0.1, 0.15) is 0 Å². The van der Waals surface area contributed by atoms with Crippen molar-refractivity contribution < 1.29 is 4.79 Å². The summed E-state index contributed by atoms with van der Waals surface area (Å²) in [6, 6.07) is 6.70. The van der Waals surface area contributed by atoms with Crippen LogP contribution in [-0.4, -0.2) is 18.0 Å². The van der Waals surface area contributed by atoms with E-state index in [1.54, 1.807) is 6.07 Å². The molecule has 2 fully saturated rings. The van der Waals surface area contributed by atoms with Crippen LogP contribution in [0.25, 0.3) is 0 Å². The Bertz CT molecular complexity index is 552. The highest BCUT2D eigenvalue weighted by atomic mass is 35.5. The first kappa shape index (κ1) is 16.1. The van der Waals surface area contributed by atoms with Crippen LogP contribution in [-0.2, 0) is 4.79 Å². The summed E-state index contributed by atoms with van der Waals surface area (Å²) < 4.78 is 0. The van der Waals surface area contributed by atoms with E-state index in [9.17, 15) is 4.79 Å². The van der Waals surface area contributed by atoms with Crippen LogP contribution in [0, 0.1) is 5.92 Å². The van der Waals surface area contributed by atoms with Gasteiger partial charge in [-0.25, -0.2) is 0 Å². The molecule has 0 aromatic heterocycles. The number of hydrogen-bond acceptors (Lipinski definition) is 2. The van der Waals surface area contributed by atoms with Gasteiger partial charge in [0, 0.05) is 18.5 Å². The molecular weight excluding hydrogens is 319 g/mol. The molecule has 3 nitrogen and oxygen atoms in total. The minimum absolute atomic E-state index is 0.0549. The Hall–Kier alpha value is -0.770. The van der Waals surface area contributed by atoms with Crippen molar-refractivity contribution in [3.8, 4) is 0 Å². The minimum Gasteiger partial charge on any atom is -0.350 e. The lowest BCUT2D eigenvalue weighted by Gasteiger charge is -2.29. The van der Waals surface area contributed by atoms with Gasteiger partial charge in [-0.05, 0) is 56.2 Å². The second kappa shape index (κ2) is 6.77. The van der Waals surface area contributed by atoms with Gasteiger partial charge in [0.25, 0.3) is 0 Å². The number of benzene rings is 1. The highest BCUT2D eigenvalue weighted by Crippen LogP contribution is 2.33. The second-order valence-electron chi connectivity index (χ2n) is 6.64. The van der Waals surface area contributed by atoms with Gasteiger partial charge >= 0.3 is 0 Å². The second-order valence-corrected chi connectivity index (χ2v) is 7.46. The summed E-state index contributed by atoms with van der Waals surface area (Å²) in [4.78, 5) is 12.3. The van der Waals surface area contributed by atoms with E-state index >= 15 is 0 Å². The molecule has 2 heterocycles. The molecule has 2 N–H and O–H groups in total. The third kappa shape index (κ3) is 3.76. The molecule has 3 unspecified atom stereocenters. The van der Waals surface area contributed by atoms with E-state index < -0.39 is 0 Å². The number of hydrogen-bond donors (Lipinski definition) is 2. The fraction of sp³-hybridized carbons (Fsp3) is 0.588. The Morgan fingerprint density at radius 3 is 2.59 bits per heavy atom. The summed E-state index contributed by atoms with van der Waals surface area (Å²) in [5.74, 6) is 0.643. The lowest BCUT2D eigenvalue weighted by atomic mass is 9.89. The molecular formula is C17H22Cl2N2O. The van der Waals surface area contributed by atoms with E-state index in [0.717, 1.165) is 18.4 Å². The Morgan fingerprint density at radius 2 is 1.95 bits per heavy atom. The van der Waals surface area contributed by atoms with Crippen molar-refractivity contribution in [3.63, 3.8) is 0 Å². The fourth-order valence-corrected chi connectivity index (χ4v) is 4.08. The molecule has 2 saturated heterocycles. The highest BCUT2D eigenvalue weighted by Gasteiger charge is 2.34. The van der Waals surface area contributed by atoms with Crippen molar-refractivity contribution in [2.45, 2.75) is 57.2 Å².